The van der Waals surface area contributed by atoms with E-state index in [2.05, 4.69) is 10.2 Å². The summed E-state index contributed by atoms with van der Waals surface area (Å²) in [7, 11) is 0. The van der Waals surface area contributed by atoms with Crippen molar-refractivity contribution >= 4 is 17.3 Å². The highest BCUT2D eigenvalue weighted by atomic mass is 16.5. The quantitative estimate of drug-likeness (QED) is 0.814. The summed E-state index contributed by atoms with van der Waals surface area (Å²) in [5, 5.41) is 2.94. The van der Waals surface area contributed by atoms with Crippen molar-refractivity contribution in [2.75, 3.05) is 37.3 Å². The minimum absolute atomic E-state index is 0.0126. The lowest BCUT2D eigenvalue weighted by Crippen LogP contribution is -2.41. The van der Waals surface area contributed by atoms with E-state index in [1.807, 2.05) is 32.0 Å². The number of rotatable bonds is 5. The summed E-state index contributed by atoms with van der Waals surface area (Å²) in [5.41, 5.74) is 8.26. The van der Waals surface area contributed by atoms with Crippen LogP contribution in [0, 0.1) is 6.92 Å². The number of carbonyl (C=O) groups is 1. The van der Waals surface area contributed by atoms with Crippen LogP contribution in [0.4, 0.5) is 11.4 Å². The number of hydrogen-bond acceptors (Lipinski definition) is 4. The van der Waals surface area contributed by atoms with Crippen molar-refractivity contribution in [2.24, 2.45) is 0 Å². The summed E-state index contributed by atoms with van der Waals surface area (Å²) in [6.45, 7) is 6.95. The van der Waals surface area contributed by atoms with Crippen molar-refractivity contribution in [2.45, 2.75) is 32.8 Å². The van der Waals surface area contributed by atoms with Crippen LogP contribution in [0.5, 0.6) is 0 Å². The van der Waals surface area contributed by atoms with Gasteiger partial charge in [0.25, 0.3) is 0 Å². The van der Waals surface area contributed by atoms with Crippen molar-refractivity contribution < 1.29 is 9.53 Å². The summed E-state index contributed by atoms with van der Waals surface area (Å²) >= 11 is 0. The van der Waals surface area contributed by atoms with E-state index in [0.717, 1.165) is 43.8 Å². The number of likely N-dealkylation sites (tertiary alicyclic amines) is 1. The van der Waals surface area contributed by atoms with E-state index in [-0.39, 0.29) is 5.91 Å². The molecule has 0 atom stereocenters. The van der Waals surface area contributed by atoms with Crippen molar-refractivity contribution in [1.29, 1.82) is 0 Å². The molecule has 0 bridgehead atoms. The van der Waals surface area contributed by atoms with Gasteiger partial charge < -0.3 is 15.8 Å². The molecule has 5 nitrogen and oxygen atoms in total. The molecule has 1 fully saturated rings. The molecule has 0 radical (unpaired) electrons. The van der Waals surface area contributed by atoms with Crippen LogP contribution in [0.2, 0.25) is 0 Å². The van der Waals surface area contributed by atoms with Crippen LogP contribution in [-0.2, 0) is 9.53 Å². The number of nitrogen functional groups attached to an aromatic ring is 1. The summed E-state index contributed by atoms with van der Waals surface area (Å²) in [6.07, 6.45) is 2.35. The third kappa shape index (κ3) is 4.44. The Morgan fingerprint density at radius 2 is 2.14 bits per heavy atom. The minimum Gasteiger partial charge on any atom is -0.398 e. The maximum absolute atomic E-state index is 12.1. The summed E-state index contributed by atoms with van der Waals surface area (Å²) in [5.74, 6) is 0.0126. The summed E-state index contributed by atoms with van der Waals surface area (Å²) in [6, 6.07) is 5.57. The van der Waals surface area contributed by atoms with Crippen molar-refractivity contribution in [3.05, 3.63) is 23.8 Å². The number of piperidine rings is 1. The van der Waals surface area contributed by atoms with E-state index >= 15 is 0 Å². The van der Waals surface area contributed by atoms with Crippen LogP contribution in [0.25, 0.3) is 0 Å². The zero-order valence-corrected chi connectivity index (χ0v) is 12.9. The predicted octanol–water partition coefficient (Wildman–Crippen LogP) is 2.02. The third-order valence-electron chi connectivity index (χ3n) is 3.95. The lowest BCUT2D eigenvalue weighted by molar-refractivity contribution is -0.118. The van der Waals surface area contributed by atoms with Crippen LogP contribution in [0.3, 0.4) is 0 Å². The molecular weight excluding hydrogens is 266 g/mol. The van der Waals surface area contributed by atoms with Crippen LogP contribution < -0.4 is 11.1 Å². The third-order valence-corrected chi connectivity index (χ3v) is 3.95. The van der Waals surface area contributed by atoms with Gasteiger partial charge in [-0.1, -0.05) is 6.07 Å². The molecule has 21 heavy (non-hydrogen) atoms. The second kappa shape index (κ2) is 7.43. The van der Waals surface area contributed by atoms with Crippen molar-refractivity contribution in [3.8, 4) is 0 Å². The lowest BCUT2D eigenvalue weighted by atomic mass is 10.1. The number of hydrogen-bond donors (Lipinski definition) is 2. The molecular formula is C16H25N3O2. The van der Waals surface area contributed by atoms with E-state index in [4.69, 9.17) is 10.5 Å². The van der Waals surface area contributed by atoms with Crippen LogP contribution in [-0.4, -0.2) is 43.2 Å². The molecule has 2 rings (SSSR count). The van der Waals surface area contributed by atoms with Gasteiger partial charge in [-0.25, -0.2) is 0 Å². The van der Waals surface area contributed by atoms with Crippen LogP contribution in [0.1, 0.15) is 25.3 Å². The number of carbonyl (C=O) groups excluding carboxylic acids is 1. The largest absolute Gasteiger partial charge is 0.398 e. The molecule has 0 aromatic heterocycles. The van der Waals surface area contributed by atoms with E-state index in [1.54, 1.807) is 0 Å². The summed E-state index contributed by atoms with van der Waals surface area (Å²) < 4.78 is 5.62. The fourth-order valence-electron chi connectivity index (χ4n) is 2.65. The highest BCUT2D eigenvalue weighted by Gasteiger charge is 2.21. The maximum atomic E-state index is 12.1. The molecule has 3 N–H and O–H groups in total. The minimum atomic E-state index is 0.0126. The second-order valence-corrected chi connectivity index (χ2v) is 5.50. The SMILES string of the molecule is CCOC1CCN(CC(=O)Nc2cccc(N)c2C)CC1. The Labute approximate surface area is 126 Å². The highest BCUT2D eigenvalue weighted by molar-refractivity contribution is 5.93. The van der Waals surface area contributed by atoms with Gasteiger partial charge >= 0.3 is 0 Å². The van der Waals surface area contributed by atoms with E-state index in [9.17, 15) is 4.79 Å². The van der Waals surface area contributed by atoms with E-state index in [0.29, 0.717) is 18.3 Å². The fraction of sp³-hybridized carbons (Fsp3) is 0.562. The zero-order chi connectivity index (χ0) is 15.2. The smallest absolute Gasteiger partial charge is 0.238 e. The van der Waals surface area contributed by atoms with Gasteiger partial charge in [-0.15, -0.1) is 0 Å². The molecule has 0 aliphatic carbocycles. The first-order chi connectivity index (χ1) is 10.1. The average molecular weight is 291 g/mol. The van der Waals surface area contributed by atoms with Gasteiger partial charge in [0.1, 0.15) is 0 Å². The number of nitrogens with one attached hydrogen (secondary N) is 1. The maximum Gasteiger partial charge on any atom is 0.238 e. The van der Waals surface area contributed by atoms with Gasteiger partial charge in [-0.05, 0) is 44.4 Å². The Hall–Kier alpha value is -1.59. The Morgan fingerprint density at radius 3 is 2.81 bits per heavy atom. The van der Waals surface area contributed by atoms with Gasteiger partial charge in [0.05, 0.1) is 12.6 Å². The first-order valence-electron chi connectivity index (χ1n) is 7.59. The molecule has 1 aromatic rings. The van der Waals surface area contributed by atoms with Gasteiger partial charge in [0, 0.05) is 31.1 Å². The zero-order valence-electron chi connectivity index (χ0n) is 12.9. The molecule has 0 spiro atoms. The molecule has 1 aromatic carbocycles. The predicted molar refractivity (Wildman–Crippen MR) is 85.3 cm³/mol. The standard InChI is InChI=1S/C16H25N3O2/c1-3-21-13-7-9-19(10-8-13)11-16(20)18-15-6-4-5-14(17)12(15)2/h4-6,13H,3,7-11,17H2,1-2H3,(H,18,20). The molecule has 1 amide bonds. The topological polar surface area (TPSA) is 67.6 Å². The van der Waals surface area contributed by atoms with Gasteiger partial charge in [0.15, 0.2) is 0 Å². The molecule has 1 aliphatic rings. The average Bonchev–Trinajstić information content (AvgIpc) is 2.46. The molecule has 0 unspecified atom stereocenters. The van der Waals surface area contributed by atoms with Crippen LogP contribution in [0.15, 0.2) is 18.2 Å². The molecule has 1 heterocycles. The number of ether oxygens (including phenoxy) is 1. The normalized spacial score (nSPS) is 16.9. The Balaban J connectivity index is 1.81. The fourth-order valence-corrected chi connectivity index (χ4v) is 2.65. The number of nitrogens with two attached hydrogens (primary N) is 1. The molecule has 0 saturated carbocycles. The number of nitrogens with zero attached hydrogens (tertiary/aromatic N) is 1. The Bertz CT molecular complexity index is 482. The highest BCUT2D eigenvalue weighted by Crippen LogP contribution is 2.20. The Kier molecular flexibility index (Phi) is 5.59. The first-order valence-corrected chi connectivity index (χ1v) is 7.59. The Morgan fingerprint density at radius 1 is 1.43 bits per heavy atom. The van der Waals surface area contributed by atoms with E-state index < -0.39 is 0 Å². The number of benzene rings is 1. The molecule has 1 aliphatic heterocycles. The van der Waals surface area contributed by atoms with Gasteiger partial charge in [-0.3, -0.25) is 9.69 Å². The molecule has 1 saturated heterocycles. The van der Waals surface area contributed by atoms with E-state index in [1.165, 1.54) is 0 Å². The second-order valence-electron chi connectivity index (χ2n) is 5.50. The van der Waals surface area contributed by atoms with Gasteiger partial charge in [0.2, 0.25) is 5.91 Å². The monoisotopic (exact) mass is 291 g/mol. The molecule has 5 heteroatoms. The summed E-state index contributed by atoms with van der Waals surface area (Å²) in [4.78, 5) is 14.3. The first kappa shape index (κ1) is 15.8. The lowest BCUT2D eigenvalue weighted by Gasteiger charge is -2.31. The van der Waals surface area contributed by atoms with Crippen molar-refractivity contribution in [1.82, 2.24) is 4.90 Å². The number of anilines is 2. The molecule has 116 valence electrons. The van der Waals surface area contributed by atoms with Gasteiger partial charge in [-0.2, -0.15) is 0 Å². The van der Waals surface area contributed by atoms with Crippen molar-refractivity contribution in [3.63, 3.8) is 0 Å². The number of amides is 1. The van der Waals surface area contributed by atoms with Crippen LogP contribution >= 0.6 is 0 Å².